The van der Waals surface area contributed by atoms with Gasteiger partial charge < -0.3 is 11.1 Å². The van der Waals surface area contributed by atoms with Crippen LogP contribution in [0.1, 0.15) is 0 Å². The van der Waals surface area contributed by atoms with Crippen molar-refractivity contribution in [2.75, 3.05) is 11.9 Å². The molecule has 3 N–H and O–H groups in total. The number of hydrogen-bond donors (Lipinski definition) is 2. The molecule has 0 atom stereocenters. The van der Waals surface area contributed by atoms with Crippen molar-refractivity contribution < 1.29 is 0 Å². The standard InChI is InChI=1S/C11H14N2/c12-9-5-2-6-10-13-11-7-3-1-4-8-11/h1-8,10,13H,9,12H2/b5-2-,10-6+. The lowest BCUT2D eigenvalue weighted by molar-refractivity contribution is 1.25. The molecule has 1 aromatic rings. The lowest BCUT2D eigenvalue weighted by Gasteiger charge is -1.97. The minimum atomic E-state index is 0.579. The van der Waals surface area contributed by atoms with E-state index < -0.39 is 0 Å². The fourth-order valence-electron chi connectivity index (χ4n) is 0.891. The lowest BCUT2D eigenvalue weighted by atomic mass is 10.3. The normalized spacial score (nSPS) is 11.2. The van der Waals surface area contributed by atoms with E-state index in [1.165, 1.54) is 0 Å². The van der Waals surface area contributed by atoms with Gasteiger partial charge in [-0.1, -0.05) is 30.4 Å². The van der Waals surface area contributed by atoms with Crippen LogP contribution in [-0.4, -0.2) is 6.54 Å². The van der Waals surface area contributed by atoms with Crippen molar-refractivity contribution in [3.8, 4) is 0 Å². The first-order valence-electron chi connectivity index (χ1n) is 4.27. The zero-order valence-corrected chi connectivity index (χ0v) is 7.48. The molecule has 0 aliphatic rings. The van der Waals surface area contributed by atoms with Crippen LogP contribution in [0.2, 0.25) is 0 Å². The van der Waals surface area contributed by atoms with Crippen LogP contribution in [0.15, 0.2) is 54.8 Å². The van der Waals surface area contributed by atoms with Gasteiger partial charge in [0.2, 0.25) is 0 Å². The molecule has 2 nitrogen and oxygen atoms in total. The fraction of sp³-hybridized carbons (Fsp3) is 0.0909. The third-order valence-corrected chi connectivity index (χ3v) is 1.50. The van der Waals surface area contributed by atoms with Crippen LogP contribution in [-0.2, 0) is 0 Å². The molecule has 0 radical (unpaired) electrons. The Bertz CT molecular complexity index is 275. The van der Waals surface area contributed by atoms with Gasteiger partial charge in [0.05, 0.1) is 0 Å². The van der Waals surface area contributed by atoms with Gasteiger partial charge >= 0.3 is 0 Å². The summed E-state index contributed by atoms with van der Waals surface area (Å²) in [5.74, 6) is 0. The number of allylic oxidation sites excluding steroid dienone is 2. The summed E-state index contributed by atoms with van der Waals surface area (Å²) in [4.78, 5) is 0. The molecule has 0 fully saturated rings. The predicted molar refractivity (Wildman–Crippen MR) is 57.4 cm³/mol. The Hall–Kier alpha value is -1.54. The van der Waals surface area contributed by atoms with Crippen LogP contribution in [0.4, 0.5) is 5.69 Å². The highest BCUT2D eigenvalue weighted by atomic mass is 14.8. The molecule has 0 spiro atoms. The molecule has 1 rings (SSSR count). The van der Waals surface area contributed by atoms with Crippen molar-refractivity contribution in [2.24, 2.45) is 5.73 Å². The van der Waals surface area contributed by atoms with E-state index in [1.807, 2.05) is 54.8 Å². The van der Waals surface area contributed by atoms with Gasteiger partial charge in [0, 0.05) is 18.4 Å². The van der Waals surface area contributed by atoms with Crippen molar-refractivity contribution >= 4 is 5.69 Å². The van der Waals surface area contributed by atoms with Gasteiger partial charge in [0.1, 0.15) is 0 Å². The summed E-state index contributed by atoms with van der Waals surface area (Å²) in [6.07, 6.45) is 7.60. The summed E-state index contributed by atoms with van der Waals surface area (Å²) in [6.45, 7) is 0.579. The van der Waals surface area contributed by atoms with Crippen molar-refractivity contribution in [1.29, 1.82) is 0 Å². The van der Waals surface area contributed by atoms with Gasteiger partial charge in [-0.25, -0.2) is 0 Å². The Labute approximate surface area is 78.8 Å². The highest BCUT2D eigenvalue weighted by molar-refractivity contribution is 5.45. The number of nitrogens with two attached hydrogens (primary N) is 1. The molecule has 0 aromatic heterocycles. The van der Waals surface area contributed by atoms with E-state index in [-0.39, 0.29) is 0 Å². The molecule has 0 saturated heterocycles. The Morgan fingerprint density at radius 2 is 1.92 bits per heavy atom. The Morgan fingerprint density at radius 1 is 1.15 bits per heavy atom. The number of anilines is 1. The Balaban J connectivity index is 2.35. The van der Waals surface area contributed by atoms with Crippen molar-refractivity contribution in [3.05, 3.63) is 54.8 Å². The van der Waals surface area contributed by atoms with Gasteiger partial charge in [0.25, 0.3) is 0 Å². The number of rotatable bonds is 4. The summed E-state index contributed by atoms with van der Waals surface area (Å²) in [6, 6.07) is 10.00. The van der Waals surface area contributed by atoms with E-state index in [0.29, 0.717) is 6.54 Å². The maximum absolute atomic E-state index is 5.28. The molecule has 1 aromatic carbocycles. The molecule has 13 heavy (non-hydrogen) atoms. The second-order valence-corrected chi connectivity index (χ2v) is 2.53. The minimum Gasteiger partial charge on any atom is -0.362 e. The van der Waals surface area contributed by atoms with E-state index in [0.717, 1.165) is 5.69 Å². The summed E-state index contributed by atoms with van der Waals surface area (Å²) in [7, 11) is 0. The van der Waals surface area contributed by atoms with Gasteiger partial charge in [-0.15, -0.1) is 0 Å². The Kier molecular flexibility index (Phi) is 4.43. The Morgan fingerprint density at radius 3 is 2.62 bits per heavy atom. The van der Waals surface area contributed by atoms with E-state index >= 15 is 0 Å². The number of para-hydroxylation sites is 1. The highest BCUT2D eigenvalue weighted by Gasteiger charge is 1.81. The molecular formula is C11H14N2. The molecule has 0 amide bonds. The molecule has 0 heterocycles. The van der Waals surface area contributed by atoms with E-state index in [4.69, 9.17) is 5.73 Å². The fourth-order valence-corrected chi connectivity index (χ4v) is 0.891. The average molecular weight is 174 g/mol. The van der Waals surface area contributed by atoms with Crippen molar-refractivity contribution in [1.82, 2.24) is 0 Å². The minimum absolute atomic E-state index is 0.579. The molecular weight excluding hydrogens is 160 g/mol. The third kappa shape index (κ3) is 4.13. The quantitative estimate of drug-likeness (QED) is 0.686. The van der Waals surface area contributed by atoms with Gasteiger partial charge in [-0.2, -0.15) is 0 Å². The third-order valence-electron chi connectivity index (χ3n) is 1.50. The summed E-state index contributed by atoms with van der Waals surface area (Å²) in [5, 5.41) is 3.13. The molecule has 2 heteroatoms. The first-order chi connectivity index (χ1) is 6.43. The average Bonchev–Trinajstić information content (AvgIpc) is 2.19. The summed E-state index contributed by atoms with van der Waals surface area (Å²) in [5.41, 5.74) is 6.36. The predicted octanol–water partition coefficient (Wildman–Crippen LogP) is 2.13. The topological polar surface area (TPSA) is 38.0 Å². The number of hydrogen-bond acceptors (Lipinski definition) is 2. The van der Waals surface area contributed by atoms with Crippen LogP contribution in [0.3, 0.4) is 0 Å². The van der Waals surface area contributed by atoms with Crippen LogP contribution in [0, 0.1) is 0 Å². The van der Waals surface area contributed by atoms with Crippen LogP contribution >= 0.6 is 0 Å². The van der Waals surface area contributed by atoms with Gasteiger partial charge in [0.15, 0.2) is 0 Å². The second-order valence-electron chi connectivity index (χ2n) is 2.53. The van der Waals surface area contributed by atoms with Crippen molar-refractivity contribution in [3.63, 3.8) is 0 Å². The van der Waals surface area contributed by atoms with Crippen molar-refractivity contribution in [2.45, 2.75) is 0 Å². The summed E-state index contributed by atoms with van der Waals surface area (Å²) < 4.78 is 0. The van der Waals surface area contributed by atoms with Gasteiger partial charge in [-0.05, 0) is 18.2 Å². The number of benzene rings is 1. The first kappa shape index (κ1) is 9.55. The molecule has 0 bridgehead atoms. The molecule has 0 saturated carbocycles. The van der Waals surface area contributed by atoms with Crippen LogP contribution in [0.25, 0.3) is 0 Å². The molecule has 68 valence electrons. The molecule has 0 aliphatic heterocycles. The lowest BCUT2D eigenvalue weighted by Crippen LogP contribution is -1.91. The largest absolute Gasteiger partial charge is 0.362 e. The molecule has 0 aliphatic carbocycles. The SMILES string of the molecule is NC/C=C\C=C\Nc1ccccc1. The van der Waals surface area contributed by atoms with Gasteiger partial charge in [-0.3, -0.25) is 0 Å². The number of nitrogens with one attached hydrogen (secondary N) is 1. The van der Waals surface area contributed by atoms with E-state index in [1.54, 1.807) is 0 Å². The van der Waals surface area contributed by atoms with E-state index in [9.17, 15) is 0 Å². The first-order valence-corrected chi connectivity index (χ1v) is 4.27. The van der Waals surface area contributed by atoms with Crippen LogP contribution < -0.4 is 11.1 Å². The van der Waals surface area contributed by atoms with E-state index in [2.05, 4.69) is 5.32 Å². The highest BCUT2D eigenvalue weighted by Crippen LogP contribution is 2.03. The maximum Gasteiger partial charge on any atom is 0.0379 e. The molecule has 0 unspecified atom stereocenters. The summed E-state index contributed by atoms with van der Waals surface area (Å²) >= 11 is 0. The zero-order chi connectivity index (χ0) is 9.36. The smallest absolute Gasteiger partial charge is 0.0379 e. The van der Waals surface area contributed by atoms with Crippen LogP contribution in [0.5, 0.6) is 0 Å². The maximum atomic E-state index is 5.28. The zero-order valence-electron chi connectivity index (χ0n) is 7.48. The second kappa shape index (κ2) is 6.03. The monoisotopic (exact) mass is 174 g/mol.